The average Bonchev–Trinajstić information content (AvgIpc) is 2.57. The quantitative estimate of drug-likeness (QED) is 0.753. The van der Waals surface area contributed by atoms with E-state index < -0.39 is 0 Å². The van der Waals surface area contributed by atoms with Crippen molar-refractivity contribution in [3.05, 3.63) is 29.3 Å². The van der Waals surface area contributed by atoms with E-state index in [0.717, 1.165) is 11.3 Å². The Morgan fingerprint density at radius 1 is 1.53 bits per heavy atom. The minimum absolute atomic E-state index is 0.0157. The summed E-state index contributed by atoms with van der Waals surface area (Å²) in [6.45, 7) is 2.47. The molecule has 2 rings (SSSR count). The van der Waals surface area contributed by atoms with Crippen LogP contribution in [0.3, 0.4) is 0 Å². The summed E-state index contributed by atoms with van der Waals surface area (Å²) in [5, 5.41) is 5.43. The molecule has 2 amide bonds. The molecule has 0 atom stereocenters. The van der Waals surface area contributed by atoms with Gasteiger partial charge in [0.15, 0.2) is 0 Å². The lowest BCUT2D eigenvalue weighted by atomic mass is 10.1. The molecule has 1 heterocycles. The highest BCUT2D eigenvalue weighted by Gasteiger charge is 2.18. The van der Waals surface area contributed by atoms with Crippen LogP contribution in [-0.4, -0.2) is 18.4 Å². The summed E-state index contributed by atoms with van der Waals surface area (Å²) in [6.07, 6.45) is 0.408. The Morgan fingerprint density at radius 3 is 3.07 bits per heavy atom. The first-order valence-electron chi connectivity index (χ1n) is 4.91. The van der Waals surface area contributed by atoms with Gasteiger partial charge in [-0.15, -0.1) is 0 Å². The lowest BCUT2D eigenvalue weighted by Gasteiger charge is -2.04. The lowest BCUT2D eigenvalue weighted by Crippen LogP contribution is -2.22. The Morgan fingerprint density at radius 2 is 2.33 bits per heavy atom. The van der Waals surface area contributed by atoms with Crippen LogP contribution in [-0.2, 0) is 11.2 Å². The largest absolute Gasteiger partial charge is 0.352 e. The molecule has 4 nitrogen and oxygen atoms in total. The van der Waals surface area contributed by atoms with Crippen LogP contribution in [0.15, 0.2) is 18.2 Å². The van der Waals surface area contributed by atoms with Crippen molar-refractivity contribution in [3.63, 3.8) is 0 Å². The molecule has 0 spiro atoms. The van der Waals surface area contributed by atoms with E-state index in [1.54, 1.807) is 12.1 Å². The van der Waals surface area contributed by atoms with E-state index in [1.165, 1.54) is 0 Å². The van der Waals surface area contributed by atoms with Crippen molar-refractivity contribution in [2.24, 2.45) is 0 Å². The second-order valence-electron chi connectivity index (χ2n) is 3.46. The third kappa shape index (κ3) is 1.83. The average molecular weight is 204 g/mol. The number of fused-ring (bicyclic) bond motifs is 1. The van der Waals surface area contributed by atoms with Gasteiger partial charge in [0, 0.05) is 17.8 Å². The summed E-state index contributed by atoms with van der Waals surface area (Å²) < 4.78 is 0. The Hall–Kier alpha value is -1.84. The van der Waals surface area contributed by atoms with Gasteiger partial charge in [-0.2, -0.15) is 0 Å². The van der Waals surface area contributed by atoms with Gasteiger partial charge in [-0.3, -0.25) is 9.59 Å². The minimum Gasteiger partial charge on any atom is -0.352 e. The van der Waals surface area contributed by atoms with Crippen molar-refractivity contribution < 1.29 is 9.59 Å². The topological polar surface area (TPSA) is 58.2 Å². The molecule has 0 aliphatic carbocycles. The van der Waals surface area contributed by atoms with Gasteiger partial charge in [-0.25, -0.2) is 0 Å². The highest BCUT2D eigenvalue weighted by Crippen LogP contribution is 2.23. The van der Waals surface area contributed by atoms with Crippen LogP contribution in [0, 0.1) is 0 Å². The number of nitrogens with one attached hydrogen (secondary N) is 2. The summed E-state index contributed by atoms with van der Waals surface area (Å²) in [4.78, 5) is 22.6. The molecule has 1 aliphatic rings. The third-order valence-corrected chi connectivity index (χ3v) is 2.33. The number of amides is 2. The van der Waals surface area contributed by atoms with Crippen LogP contribution in [0.2, 0.25) is 0 Å². The smallest absolute Gasteiger partial charge is 0.251 e. The van der Waals surface area contributed by atoms with E-state index in [1.807, 2.05) is 13.0 Å². The molecular weight excluding hydrogens is 192 g/mol. The van der Waals surface area contributed by atoms with Gasteiger partial charge in [0.05, 0.1) is 6.42 Å². The maximum absolute atomic E-state index is 11.5. The first kappa shape index (κ1) is 9.71. The fourth-order valence-corrected chi connectivity index (χ4v) is 1.62. The summed E-state index contributed by atoms with van der Waals surface area (Å²) in [6, 6.07) is 5.27. The molecule has 1 aliphatic heterocycles. The van der Waals surface area contributed by atoms with Crippen molar-refractivity contribution in [1.82, 2.24) is 5.32 Å². The predicted molar refractivity (Wildman–Crippen MR) is 56.8 cm³/mol. The maximum Gasteiger partial charge on any atom is 0.251 e. The lowest BCUT2D eigenvalue weighted by molar-refractivity contribution is -0.115. The molecule has 0 bridgehead atoms. The van der Waals surface area contributed by atoms with Gasteiger partial charge in [-0.1, -0.05) is 6.07 Å². The highest BCUT2D eigenvalue weighted by atomic mass is 16.2. The molecular formula is C11H12N2O2. The van der Waals surface area contributed by atoms with Crippen molar-refractivity contribution >= 4 is 17.5 Å². The molecule has 0 fully saturated rings. The Bertz CT molecular complexity index is 427. The van der Waals surface area contributed by atoms with Crippen LogP contribution >= 0.6 is 0 Å². The Kier molecular flexibility index (Phi) is 2.41. The number of carbonyl (C=O) groups is 2. The van der Waals surface area contributed by atoms with Crippen LogP contribution < -0.4 is 10.6 Å². The van der Waals surface area contributed by atoms with E-state index in [9.17, 15) is 9.59 Å². The predicted octanol–water partition coefficient (Wildman–Crippen LogP) is 0.931. The monoisotopic (exact) mass is 204 g/mol. The number of hydrogen-bond acceptors (Lipinski definition) is 2. The molecule has 0 radical (unpaired) electrons. The summed E-state index contributed by atoms with van der Waals surface area (Å²) >= 11 is 0. The van der Waals surface area contributed by atoms with E-state index in [0.29, 0.717) is 18.5 Å². The van der Waals surface area contributed by atoms with Crippen LogP contribution in [0.4, 0.5) is 5.69 Å². The fourth-order valence-electron chi connectivity index (χ4n) is 1.62. The van der Waals surface area contributed by atoms with Crippen molar-refractivity contribution in [1.29, 1.82) is 0 Å². The Labute approximate surface area is 87.7 Å². The standard InChI is InChI=1S/C11H12N2O2/c1-2-12-11(15)8-4-3-7-6-10(14)13-9(7)5-8/h3-5H,2,6H2,1H3,(H,12,15)(H,13,14). The second-order valence-corrected chi connectivity index (χ2v) is 3.46. The molecule has 0 saturated heterocycles. The molecule has 15 heavy (non-hydrogen) atoms. The van der Waals surface area contributed by atoms with Crippen molar-refractivity contribution in [3.8, 4) is 0 Å². The van der Waals surface area contributed by atoms with E-state index in [2.05, 4.69) is 10.6 Å². The molecule has 0 unspecified atom stereocenters. The molecule has 4 heteroatoms. The zero-order valence-corrected chi connectivity index (χ0v) is 8.46. The van der Waals surface area contributed by atoms with Crippen LogP contribution in [0.5, 0.6) is 0 Å². The SMILES string of the molecule is CCNC(=O)c1ccc2c(c1)NC(=O)C2. The van der Waals surface area contributed by atoms with Crippen molar-refractivity contribution in [2.75, 3.05) is 11.9 Å². The van der Waals surface area contributed by atoms with E-state index in [4.69, 9.17) is 0 Å². The summed E-state index contributed by atoms with van der Waals surface area (Å²) in [5.74, 6) is -0.125. The highest BCUT2D eigenvalue weighted by molar-refractivity contribution is 6.02. The van der Waals surface area contributed by atoms with Gasteiger partial charge in [-0.05, 0) is 24.6 Å². The fraction of sp³-hybridized carbons (Fsp3) is 0.273. The van der Waals surface area contributed by atoms with Gasteiger partial charge < -0.3 is 10.6 Å². The normalized spacial score (nSPS) is 13.3. The van der Waals surface area contributed by atoms with Crippen molar-refractivity contribution in [2.45, 2.75) is 13.3 Å². The van der Waals surface area contributed by atoms with E-state index >= 15 is 0 Å². The third-order valence-electron chi connectivity index (χ3n) is 2.33. The number of carbonyl (C=O) groups excluding carboxylic acids is 2. The first-order valence-corrected chi connectivity index (χ1v) is 4.91. The molecule has 2 N–H and O–H groups in total. The molecule has 0 aromatic heterocycles. The minimum atomic E-state index is -0.110. The van der Waals surface area contributed by atoms with Gasteiger partial charge >= 0.3 is 0 Å². The Balaban J connectivity index is 2.27. The zero-order chi connectivity index (χ0) is 10.8. The number of anilines is 1. The number of rotatable bonds is 2. The summed E-state index contributed by atoms with van der Waals surface area (Å²) in [5.41, 5.74) is 2.29. The van der Waals surface area contributed by atoms with Crippen LogP contribution in [0.1, 0.15) is 22.8 Å². The second kappa shape index (κ2) is 3.73. The van der Waals surface area contributed by atoms with Crippen LogP contribution in [0.25, 0.3) is 0 Å². The maximum atomic E-state index is 11.5. The first-order chi connectivity index (χ1) is 7.20. The van der Waals surface area contributed by atoms with Gasteiger partial charge in [0.1, 0.15) is 0 Å². The van der Waals surface area contributed by atoms with E-state index in [-0.39, 0.29) is 11.8 Å². The molecule has 78 valence electrons. The molecule has 1 aromatic carbocycles. The number of benzene rings is 1. The summed E-state index contributed by atoms with van der Waals surface area (Å²) in [7, 11) is 0. The zero-order valence-electron chi connectivity index (χ0n) is 8.46. The number of hydrogen-bond donors (Lipinski definition) is 2. The van der Waals surface area contributed by atoms with Gasteiger partial charge in [0.2, 0.25) is 5.91 Å². The van der Waals surface area contributed by atoms with Gasteiger partial charge in [0.25, 0.3) is 5.91 Å². The molecule has 1 aromatic rings. The molecule has 0 saturated carbocycles.